The highest BCUT2D eigenvalue weighted by molar-refractivity contribution is 6.33. The van der Waals surface area contributed by atoms with E-state index in [1.54, 1.807) is 0 Å². The van der Waals surface area contributed by atoms with E-state index in [0.29, 0.717) is 35.7 Å². The third kappa shape index (κ3) is 3.52. The summed E-state index contributed by atoms with van der Waals surface area (Å²) in [6, 6.07) is 0.359. The van der Waals surface area contributed by atoms with E-state index in [-0.39, 0.29) is 11.8 Å². The molecule has 1 unspecified atom stereocenters. The van der Waals surface area contributed by atoms with Crippen LogP contribution in [0, 0.1) is 0 Å². The highest BCUT2D eigenvalue weighted by Gasteiger charge is 2.28. The van der Waals surface area contributed by atoms with Gasteiger partial charge in [0.05, 0.1) is 11.2 Å². The molecule has 0 bridgehead atoms. The molecule has 0 spiro atoms. The molecule has 0 radical (unpaired) electrons. The van der Waals surface area contributed by atoms with Gasteiger partial charge >= 0.3 is 0 Å². The molecule has 1 fully saturated rings. The van der Waals surface area contributed by atoms with Crippen LogP contribution in [-0.2, 0) is 0 Å². The van der Waals surface area contributed by atoms with E-state index in [2.05, 4.69) is 28.7 Å². The first-order chi connectivity index (χ1) is 9.93. The number of nitrogens with zero attached hydrogens (tertiary/aromatic N) is 4. The Morgan fingerprint density at radius 3 is 2.76 bits per heavy atom. The van der Waals surface area contributed by atoms with Crippen LogP contribution >= 0.6 is 11.6 Å². The van der Waals surface area contributed by atoms with Crippen LogP contribution < -0.4 is 0 Å². The smallest absolute Gasteiger partial charge is 0.274 e. The number of carbonyl (C=O) groups excluding carboxylic acids is 1. The molecule has 1 amide bonds. The molecular weight excluding hydrogens is 288 g/mol. The number of piperazine rings is 1. The number of halogens is 1. The van der Waals surface area contributed by atoms with Crippen molar-refractivity contribution in [1.82, 2.24) is 19.8 Å². The summed E-state index contributed by atoms with van der Waals surface area (Å²) in [4.78, 5) is 25.4. The summed E-state index contributed by atoms with van der Waals surface area (Å²) in [6.45, 7) is 11.6. The summed E-state index contributed by atoms with van der Waals surface area (Å²) < 4.78 is 0. The van der Waals surface area contributed by atoms with Gasteiger partial charge < -0.3 is 4.90 Å². The molecule has 0 saturated carbocycles. The quantitative estimate of drug-likeness (QED) is 0.860. The number of hydrogen-bond donors (Lipinski definition) is 0. The van der Waals surface area contributed by atoms with Gasteiger partial charge in [-0.25, -0.2) is 9.97 Å². The lowest BCUT2D eigenvalue weighted by molar-refractivity contribution is 0.0522. The number of likely N-dealkylation sites (N-methyl/N-ethyl adjacent to an activating group) is 1. The minimum absolute atomic E-state index is 0.0908. The fourth-order valence-electron chi connectivity index (χ4n) is 2.61. The molecule has 116 valence electrons. The van der Waals surface area contributed by atoms with E-state index in [1.807, 2.05) is 18.7 Å². The molecule has 2 heterocycles. The molecule has 0 N–H and O–H groups in total. The first-order valence-electron chi connectivity index (χ1n) is 7.49. The largest absolute Gasteiger partial charge is 0.334 e. The van der Waals surface area contributed by atoms with Gasteiger partial charge in [-0.15, -0.1) is 0 Å². The van der Waals surface area contributed by atoms with Crippen LogP contribution in [0.2, 0.25) is 5.02 Å². The minimum Gasteiger partial charge on any atom is -0.334 e. The summed E-state index contributed by atoms with van der Waals surface area (Å²) in [5.74, 6) is 0.736. The summed E-state index contributed by atoms with van der Waals surface area (Å²) in [7, 11) is 0. The lowest BCUT2D eigenvalue weighted by Crippen LogP contribution is -2.53. The molecule has 2 rings (SSSR count). The number of hydrogen-bond acceptors (Lipinski definition) is 4. The van der Waals surface area contributed by atoms with Crippen LogP contribution in [0.3, 0.4) is 0 Å². The predicted molar refractivity (Wildman–Crippen MR) is 83.7 cm³/mol. The maximum Gasteiger partial charge on any atom is 0.274 e. The SMILES string of the molecule is CCN1CCN(C(=O)c2nc(C(C)C)ncc2Cl)CC1C. The predicted octanol–water partition coefficient (Wildman–Crippen LogP) is 2.42. The molecule has 0 aromatic carbocycles. The average molecular weight is 311 g/mol. The Hall–Kier alpha value is -1.20. The third-order valence-electron chi connectivity index (χ3n) is 3.94. The highest BCUT2D eigenvalue weighted by Crippen LogP contribution is 2.19. The zero-order valence-corrected chi connectivity index (χ0v) is 13.9. The Balaban J connectivity index is 2.19. The van der Waals surface area contributed by atoms with Gasteiger partial charge in [0.2, 0.25) is 0 Å². The Kier molecular flexibility index (Phi) is 5.17. The van der Waals surface area contributed by atoms with Gasteiger partial charge in [-0.3, -0.25) is 9.69 Å². The molecule has 21 heavy (non-hydrogen) atoms. The molecule has 1 aliphatic rings. The van der Waals surface area contributed by atoms with E-state index >= 15 is 0 Å². The lowest BCUT2D eigenvalue weighted by Gasteiger charge is -2.39. The Labute approximate surface area is 131 Å². The summed E-state index contributed by atoms with van der Waals surface area (Å²) in [6.07, 6.45) is 1.53. The van der Waals surface area contributed by atoms with Crippen molar-refractivity contribution >= 4 is 17.5 Å². The van der Waals surface area contributed by atoms with Gasteiger partial charge in [0.25, 0.3) is 5.91 Å². The molecule has 1 atom stereocenters. The maximum absolute atomic E-state index is 12.7. The fraction of sp³-hybridized carbons (Fsp3) is 0.667. The van der Waals surface area contributed by atoms with E-state index < -0.39 is 0 Å². The van der Waals surface area contributed by atoms with Crippen molar-refractivity contribution in [3.8, 4) is 0 Å². The second kappa shape index (κ2) is 6.71. The van der Waals surface area contributed by atoms with Crippen molar-refractivity contribution in [2.24, 2.45) is 0 Å². The monoisotopic (exact) mass is 310 g/mol. The summed E-state index contributed by atoms with van der Waals surface area (Å²) in [5, 5.41) is 0.329. The molecule has 1 aliphatic heterocycles. The Morgan fingerprint density at radius 1 is 1.48 bits per heavy atom. The first kappa shape index (κ1) is 16.2. The standard InChI is InChI=1S/C15H23ClN4O/c1-5-19-6-7-20(9-11(19)4)15(21)13-12(16)8-17-14(18-13)10(2)3/h8,10-11H,5-7,9H2,1-4H3. The fourth-order valence-corrected chi connectivity index (χ4v) is 2.78. The van der Waals surface area contributed by atoms with E-state index in [9.17, 15) is 4.79 Å². The van der Waals surface area contributed by atoms with Crippen molar-refractivity contribution in [1.29, 1.82) is 0 Å². The van der Waals surface area contributed by atoms with Gasteiger partial charge in [-0.05, 0) is 13.5 Å². The van der Waals surface area contributed by atoms with Gasteiger partial charge in [-0.1, -0.05) is 32.4 Å². The molecule has 1 aromatic heterocycles. The Morgan fingerprint density at radius 2 is 2.19 bits per heavy atom. The van der Waals surface area contributed by atoms with Crippen molar-refractivity contribution in [3.63, 3.8) is 0 Å². The second-order valence-corrected chi connectivity index (χ2v) is 6.22. The first-order valence-corrected chi connectivity index (χ1v) is 7.87. The van der Waals surface area contributed by atoms with Gasteiger partial charge in [-0.2, -0.15) is 0 Å². The van der Waals surface area contributed by atoms with Crippen LogP contribution in [0.1, 0.15) is 49.9 Å². The van der Waals surface area contributed by atoms with Crippen molar-refractivity contribution in [2.75, 3.05) is 26.2 Å². The highest BCUT2D eigenvalue weighted by atomic mass is 35.5. The molecule has 5 nitrogen and oxygen atoms in total. The average Bonchev–Trinajstić information content (AvgIpc) is 2.46. The van der Waals surface area contributed by atoms with Crippen LogP contribution in [0.5, 0.6) is 0 Å². The number of amides is 1. The summed E-state index contributed by atoms with van der Waals surface area (Å²) >= 11 is 6.12. The molecular formula is C15H23ClN4O. The van der Waals surface area contributed by atoms with Gasteiger partial charge in [0.1, 0.15) is 5.82 Å². The zero-order chi connectivity index (χ0) is 15.6. The van der Waals surface area contributed by atoms with Gasteiger partial charge in [0, 0.05) is 31.6 Å². The maximum atomic E-state index is 12.7. The number of aromatic nitrogens is 2. The Bertz CT molecular complexity index is 520. The van der Waals surface area contributed by atoms with Gasteiger partial charge in [0.15, 0.2) is 5.69 Å². The van der Waals surface area contributed by atoms with E-state index in [4.69, 9.17) is 11.6 Å². The molecule has 1 aromatic rings. The minimum atomic E-state index is -0.0908. The zero-order valence-electron chi connectivity index (χ0n) is 13.1. The van der Waals surface area contributed by atoms with E-state index in [0.717, 1.165) is 13.1 Å². The number of carbonyl (C=O) groups is 1. The second-order valence-electron chi connectivity index (χ2n) is 5.81. The van der Waals surface area contributed by atoms with Crippen LogP contribution in [-0.4, -0.2) is 57.9 Å². The molecule has 1 saturated heterocycles. The van der Waals surface area contributed by atoms with Crippen molar-refractivity contribution in [3.05, 3.63) is 22.7 Å². The van der Waals surface area contributed by atoms with Crippen molar-refractivity contribution < 1.29 is 4.79 Å². The topological polar surface area (TPSA) is 49.3 Å². The van der Waals surface area contributed by atoms with Crippen LogP contribution in [0.15, 0.2) is 6.20 Å². The third-order valence-corrected chi connectivity index (χ3v) is 4.22. The van der Waals surface area contributed by atoms with E-state index in [1.165, 1.54) is 6.20 Å². The van der Waals surface area contributed by atoms with Crippen molar-refractivity contribution in [2.45, 2.75) is 39.7 Å². The van der Waals surface area contributed by atoms with Crippen LogP contribution in [0.4, 0.5) is 0 Å². The number of rotatable bonds is 3. The summed E-state index contributed by atoms with van der Waals surface area (Å²) in [5.41, 5.74) is 0.326. The lowest BCUT2D eigenvalue weighted by atomic mass is 10.1. The normalized spacial score (nSPS) is 20.1. The molecule has 0 aliphatic carbocycles. The van der Waals surface area contributed by atoms with Crippen LogP contribution in [0.25, 0.3) is 0 Å². The molecule has 6 heteroatoms.